The van der Waals surface area contributed by atoms with Gasteiger partial charge in [-0.25, -0.2) is 0 Å². The van der Waals surface area contributed by atoms with Gasteiger partial charge in [-0.2, -0.15) is 0 Å². The first-order valence-electron chi connectivity index (χ1n) is 6.63. The van der Waals surface area contributed by atoms with Crippen molar-refractivity contribution >= 4 is 22.8 Å². The van der Waals surface area contributed by atoms with Crippen molar-refractivity contribution in [2.45, 2.75) is 29.9 Å². The van der Waals surface area contributed by atoms with Gasteiger partial charge in [0.05, 0.1) is 16.8 Å². The van der Waals surface area contributed by atoms with Crippen LogP contribution in [0.15, 0.2) is 24.3 Å². The Morgan fingerprint density at radius 1 is 1.29 bits per heavy atom. The Balaban J connectivity index is 1.87. The second-order valence-corrected chi connectivity index (χ2v) is 6.72. The number of carbonyl (C=O) groups excluding carboxylic acids is 2. The Morgan fingerprint density at radius 3 is 2.62 bits per heavy atom. The van der Waals surface area contributed by atoms with Gasteiger partial charge < -0.3 is 20.6 Å². The number of thioether (sulfide) groups is 1. The van der Waals surface area contributed by atoms with Gasteiger partial charge in [-0.05, 0) is 37.1 Å². The molecule has 4 atom stereocenters. The predicted octanol–water partition coefficient (Wildman–Crippen LogP) is 0.223. The maximum atomic E-state index is 12.4. The first kappa shape index (κ1) is 14.4. The Morgan fingerprint density at radius 2 is 1.95 bits per heavy atom. The third-order valence-electron chi connectivity index (χ3n) is 4.15. The molecule has 6 nitrogen and oxygen atoms in total. The fourth-order valence-electron chi connectivity index (χ4n) is 3.07. The zero-order valence-corrected chi connectivity index (χ0v) is 11.8. The second kappa shape index (κ2) is 5.01. The number of aliphatic hydroxyl groups is 2. The predicted molar refractivity (Wildman–Crippen MR) is 75.6 cm³/mol. The van der Waals surface area contributed by atoms with Gasteiger partial charge in [0.1, 0.15) is 12.0 Å². The van der Waals surface area contributed by atoms with E-state index in [-0.39, 0.29) is 10.9 Å². The second-order valence-electron chi connectivity index (χ2n) is 5.39. The minimum atomic E-state index is -1.15. The average molecular weight is 309 g/mol. The molecule has 0 spiro atoms. The highest BCUT2D eigenvalue weighted by molar-refractivity contribution is 8.15. The van der Waals surface area contributed by atoms with E-state index in [1.807, 2.05) is 0 Å². The molecule has 1 aromatic carbocycles. The highest BCUT2D eigenvalue weighted by Crippen LogP contribution is 2.52. The van der Waals surface area contributed by atoms with Crippen molar-refractivity contribution in [2.75, 3.05) is 0 Å². The topological polar surface area (TPSA) is 107 Å². The lowest BCUT2D eigenvalue weighted by atomic mass is 9.96. The Bertz CT molecular complexity index is 590. The number of benzene rings is 1. The molecule has 4 N–H and O–H groups in total. The Labute approximate surface area is 125 Å². The summed E-state index contributed by atoms with van der Waals surface area (Å²) in [5, 5.41) is 31.4. The highest BCUT2D eigenvalue weighted by Gasteiger charge is 2.62. The zero-order chi connectivity index (χ0) is 15.2. The van der Waals surface area contributed by atoms with Crippen LogP contribution in [0.25, 0.3) is 0 Å². The number of rotatable bonds is 2. The number of phenols is 1. The van der Waals surface area contributed by atoms with Gasteiger partial charge in [-0.1, -0.05) is 11.8 Å². The summed E-state index contributed by atoms with van der Waals surface area (Å²) in [6, 6.07) is 5.78. The van der Waals surface area contributed by atoms with Crippen molar-refractivity contribution in [1.29, 1.82) is 0 Å². The molecule has 1 amide bonds. The molecule has 1 aliphatic heterocycles. The van der Waals surface area contributed by atoms with Gasteiger partial charge >= 0.3 is 0 Å². The number of carbonyl (C=O) groups is 2. The SMILES string of the molecule is O=C(S[C@@]12CC[C@H](O)[C@@H]1C(=O)NC2O)c1ccc(O)cc1. The number of nitrogens with one attached hydrogen (secondary N) is 1. The largest absolute Gasteiger partial charge is 0.508 e. The van der Waals surface area contributed by atoms with Crippen molar-refractivity contribution in [3.63, 3.8) is 0 Å². The fourth-order valence-corrected chi connectivity index (χ4v) is 4.45. The molecule has 1 unspecified atom stereocenters. The Hall–Kier alpha value is -1.57. The zero-order valence-electron chi connectivity index (χ0n) is 11.0. The normalized spacial score (nSPS) is 34.6. The quantitative estimate of drug-likeness (QED) is 0.623. The van der Waals surface area contributed by atoms with Crippen LogP contribution in [0, 0.1) is 5.92 Å². The molecule has 1 aromatic rings. The van der Waals surface area contributed by atoms with Crippen LogP contribution in [0.4, 0.5) is 0 Å². The van der Waals surface area contributed by atoms with Gasteiger partial charge in [0.15, 0.2) is 0 Å². The molecule has 0 aromatic heterocycles. The minimum Gasteiger partial charge on any atom is -0.508 e. The summed E-state index contributed by atoms with van der Waals surface area (Å²) in [5.41, 5.74) is 0.374. The van der Waals surface area contributed by atoms with Crippen LogP contribution < -0.4 is 5.32 Å². The van der Waals surface area contributed by atoms with Gasteiger partial charge in [-0.3, -0.25) is 9.59 Å². The summed E-state index contributed by atoms with van der Waals surface area (Å²) in [7, 11) is 0. The van der Waals surface area contributed by atoms with Crippen molar-refractivity contribution in [1.82, 2.24) is 5.32 Å². The van der Waals surface area contributed by atoms with Crippen LogP contribution in [0.3, 0.4) is 0 Å². The van der Waals surface area contributed by atoms with E-state index in [4.69, 9.17) is 0 Å². The summed E-state index contributed by atoms with van der Waals surface area (Å²) in [4.78, 5) is 24.2. The molecule has 1 saturated heterocycles. The van der Waals surface area contributed by atoms with E-state index in [0.29, 0.717) is 18.4 Å². The third kappa shape index (κ3) is 2.21. The number of amides is 1. The number of fused-ring (bicyclic) bond motifs is 1. The van der Waals surface area contributed by atoms with Crippen LogP contribution in [-0.4, -0.2) is 43.4 Å². The lowest BCUT2D eigenvalue weighted by Gasteiger charge is -2.29. The molecule has 112 valence electrons. The molecule has 2 aliphatic rings. The van der Waals surface area contributed by atoms with E-state index in [0.717, 1.165) is 11.8 Å². The number of aliphatic hydroxyl groups excluding tert-OH is 2. The molecule has 1 heterocycles. The summed E-state index contributed by atoms with van der Waals surface area (Å²) in [6.45, 7) is 0. The monoisotopic (exact) mass is 309 g/mol. The van der Waals surface area contributed by atoms with E-state index in [9.17, 15) is 24.9 Å². The molecular weight excluding hydrogens is 294 g/mol. The van der Waals surface area contributed by atoms with Crippen LogP contribution in [0.1, 0.15) is 23.2 Å². The van der Waals surface area contributed by atoms with Crippen molar-refractivity contribution in [3.8, 4) is 5.75 Å². The van der Waals surface area contributed by atoms with Gasteiger partial charge in [0, 0.05) is 5.56 Å². The maximum absolute atomic E-state index is 12.4. The minimum absolute atomic E-state index is 0.0571. The van der Waals surface area contributed by atoms with E-state index >= 15 is 0 Å². The van der Waals surface area contributed by atoms with Crippen LogP contribution >= 0.6 is 11.8 Å². The molecule has 1 saturated carbocycles. The van der Waals surface area contributed by atoms with E-state index in [2.05, 4.69) is 5.32 Å². The lowest BCUT2D eigenvalue weighted by molar-refractivity contribution is -0.125. The van der Waals surface area contributed by atoms with E-state index < -0.39 is 28.9 Å². The fraction of sp³-hybridized carbons (Fsp3) is 0.429. The van der Waals surface area contributed by atoms with Crippen LogP contribution in [-0.2, 0) is 4.79 Å². The first-order valence-corrected chi connectivity index (χ1v) is 7.44. The molecular formula is C14H15NO5S. The van der Waals surface area contributed by atoms with Crippen molar-refractivity contribution < 1.29 is 24.9 Å². The smallest absolute Gasteiger partial charge is 0.229 e. The average Bonchev–Trinajstić information content (AvgIpc) is 2.88. The van der Waals surface area contributed by atoms with Gasteiger partial charge in [0.2, 0.25) is 11.0 Å². The number of phenolic OH excluding ortho intramolecular Hbond substituents is 1. The molecule has 0 radical (unpaired) electrons. The van der Waals surface area contributed by atoms with E-state index in [1.165, 1.54) is 24.3 Å². The molecule has 2 fully saturated rings. The van der Waals surface area contributed by atoms with Crippen LogP contribution in [0.2, 0.25) is 0 Å². The lowest BCUT2D eigenvalue weighted by Crippen LogP contribution is -2.42. The molecule has 3 rings (SSSR count). The van der Waals surface area contributed by atoms with Gasteiger partial charge in [0.25, 0.3) is 0 Å². The molecule has 7 heteroatoms. The van der Waals surface area contributed by atoms with E-state index in [1.54, 1.807) is 0 Å². The summed E-state index contributed by atoms with van der Waals surface area (Å²) in [5.74, 6) is -1.14. The number of aromatic hydroxyl groups is 1. The Kier molecular flexibility index (Phi) is 3.43. The first-order chi connectivity index (χ1) is 9.94. The standard InChI is InChI=1S/C14H15NO5S/c16-8-3-1-7(2-4-8)12(19)21-14-6-5-9(17)10(14)11(18)15-13(14)20/h1-4,9-10,13,16-17,20H,5-6H2,(H,15,18)/t9-,10+,13?,14-/m0/s1. The highest BCUT2D eigenvalue weighted by atomic mass is 32.2. The molecule has 1 aliphatic carbocycles. The molecule has 21 heavy (non-hydrogen) atoms. The van der Waals surface area contributed by atoms with Crippen molar-refractivity contribution in [3.05, 3.63) is 29.8 Å². The van der Waals surface area contributed by atoms with Gasteiger partial charge in [-0.15, -0.1) is 0 Å². The summed E-state index contributed by atoms with van der Waals surface area (Å²) < 4.78 is -1.02. The number of hydrogen-bond donors (Lipinski definition) is 4. The van der Waals surface area contributed by atoms with Crippen molar-refractivity contribution in [2.24, 2.45) is 5.92 Å². The maximum Gasteiger partial charge on any atom is 0.229 e. The summed E-state index contributed by atoms with van der Waals surface area (Å²) in [6.07, 6.45) is -1.24. The number of hydrogen-bond acceptors (Lipinski definition) is 6. The van der Waals surface area contributed by atoms with Crippen LogP contribution in [0.5, 0.6) is 5.75 Å². The third-order valence-corrected chi connectivity index (χ3v) is 5.63. The molecule has 0 bridgehead atoms. The summed E-state index contributed by atoms with van der Waals surface area (Å²) >= 11 is 0.886.